The highest BCUT2D eigenvalue weighted by Gasteiger charge is 2.33. The van der Waals surface area contributed by atoms with Crippen LogP contribution in [0, 0.1) is 5.92 Å². The lowest BCUT2D eigenvalue weighted by Crippen LogP contribution is -2.45. The van der Waals surface area contributed by atoms with Crippen molar-refractivity contribution < 1.29 is 13.2 Å². The van der Waals surface area contributed by atoms with Crippen LogP contribution in [0.15, 0.2) is 23.1 Å². The third-order valence-corrected chi connectivity index (χ3v) is 8.82. The molecule has 0 saturated carbocycles. The molecule has 9 nitrogen and oxygen atoms in total. The average molecular weight is 491 g/mol. The summed E-state index contributed by atoms with van der Waals surface area (Å²) in [6.45, 7) is 7.42. The Morgan fingerprint density at radius 3 is 2.65 bits per heavy atom. The maximum Gasteiger partial charge on any atom is 0.243 e. The van der Waals surface area contributed by atoms with E-state index in [9.17, 15) is 13.2 Å². The van der Waals surface area contributed by atoms with Gasteiger partial charge in [-0.2, -0.15) is 4.31 Å². The third kappa shape index (κ3) is 5.95. The molecule has 1 N–H and O–H groups in total. The van der Waals surface area contributed by atoms with E-state index in [0.29, 0.717) is 31.4 Å². The zero-order chi connectivity index (χ0) is 24.0. The van der Waals surface area contributed by atoms with Gasteiger partial charge in [-0.3, -0.25) is 4.79 Å². The zero-order valence-corrected chi connectivity index (χ0v) is 21.1. The number of amides is 1. The van der Waals surface area contributed by atoms with Gasteiger partial charge >= 0.3 is 0 Å². The monoisotopic (exact) mass is 490 g/mol. The quantitative estimate of drug-likeness (QED) is 0.543. The molecule has 0 aliphatic carbocycles. The fraction of sp³-hybridized carbons (Fsp3) is 0.708. The van der Waals surface area contributed by atoms with Gasteiger partial charge in [-0.1, -0.05) is 25.0 Å². The van der Waals surface area contributed by atoms with Crippen LogP contribution in [0.25, 0.3) is 11.0 Å². The molecule has 2 saturated heterocycles. The summed E-state index contributed by atoms with van der Waals surface area (Å²) in [5, 5.41) is 11.3. The Kier molecular flexibility index (Phi) is 8.55. The molecule has 188 valence electrons. The normalized spacial score (nSPS) is 20.9. The van der Waals surface area contributed by atoms with E-state index in [4.69, 9.17) is 0 Å². The Morgan fingerprint density at radius 2 is 1.88 bits per heavy atom. The van der Waals surface area contributed by atoms with Gasteiger partial charge in [0.05, 0.1) is 16.3 Å². The van der Waals surface area contributed by atoms with Crippen LogP contribution in [-0.4, -0.2) is 77.8 Å². The van der Waals surface area contributed by atoms with Crippen LogP contribution >= 0.6 is 0 Å². The van der Waals surface area contributed by atoms with Crippen molar-refractivity contribution in [2.45, 2.75) is 69.7 Å². The molecule has 2 aromatic rings. The molecule has 1 unspecified atom stereocenters. The SMILES string of the molecule is CCCn1nnc2cc(S(=O)(=O)N3CCCC(C(=O)NCCCN4CCCCCC4)C3)ccc21. The number of fused-ring (bicyclic) bond motifs is 1. The number of hydrogen-bond acceptors (Lipinski definition) is 6. The predicted molar refractivity (Wildman–Crippen MR) is 132 cm³/mol. The van der Waals surface area contributed by atoms with Crippen LogP contribution < -0.4 is 5.32 Å². The molecule has 1 aromatic heterocycles. The van der Waals surface area contributed by atoms with Crippen LogP contribution in [-0.2, 0) is 21.4 Å². The summed E-state index contributed by atoms with van der Waals surface area (Å²) >= 11 is 0. The molecule has 1 atom stereocenters. The summed E-state index contributed by atoms with van der Waals surface area (Å²) in [7, 11) is -3.70. The largest absolute Gasteiger partial charge is 0.356 e. The Morgan fingerprint density at radius 1 is 1.09 bits per heavy atom. The highest BCUT2D eigenvalue weighted by molar-refractivity contribution is 7.89. The van der Waals surface area contributed by atoms with Crippen molar-refractivity contribution in [2.24, 2.45) is 5.92 Å². The number of carbonyl (C=O) groups is 1. The van der Waals surface area contributed by atoms with E-state index in [-0.39, 0.29) is 23.3 Å². The number of sulfonamides is 1. The van der Waals surface area contributed by atoms with Gasteiger partial charge in [0.15, 0.2) is 0 Å². The first-order valence-electron chi connectivity index (χ1n) is 12.8. The minimum atomic E-state index is -3.70. The topological polar surface area (TPSA) is 100 Å². The summed E-state index contributed by atoms with van der Waals surface area (Å²) in [5.41, 5.74) is 1.40. The number of benzene rings is 1. The van der Waals surface area contributed by atoms with Crippen molar-refractivity contribution in [3.05, 3.63) is 18.2 Å². The zero-order valence-electron chi connectivity index (χ0n) is 20.3. The molecule has 2 aliphatic rings. The van der Waals surface area contributed by atoms with Crippen molar-refractivity contribution in [1.82, 2.24) is 29.5 Å². The fourth-order valence-corrected chi connectivity index (χ4v) is 6.58. The minimum absolute atomic E-state index is 0.0336. The van der Waals surface area contributed by atoms with Gasteiger partial charge in [0.2, 0.25) is 15.9 Å². The Bertz CT molecular complexity index is 1060. The summed E-state index contributed by atoms with van der Waals surface area (Å²) in [4.78, 5) is 15.5. The van der Waals surface area contributed by atoms with Gasteiger partial charge in [-0.05, 0) is 76.4 Å². The summed E-state index contributed by atoms with van der Waals surface area (Å²) < 4.78 is 29.9. The molecular weight excluding hydrogens is 452 g/mol. The standard InChI is InChI=1S/C24H38N6O3S/c1-2-13-30-23-11-10-21(18-22(23)26-27-30)34(32,33)29-17-7-9-20(19-29)24(31)25-12-8-16-28-14-5-3-4-6-15-28/h10-11,18,20H,2-9,12-17,19H2,1H3,(H,25,31). The van der Waals surface area contributed by atoms with Crippen molar-refractivity contribution in [3.8, 4) is 0 Å². The van der Waals surface area contributed by atoms with Crippen LogP contribution in [0.2, 0.25) is 0 Å². The number of aryl methyl sites for hydroxylation is 1. The Hall–Kier alpha value is -2.04. The number of aromatic nitrogens is 3. The van der Waals surface area contributed by atoms with E-state index >= 15 is 0 Å². The number of hydrogen-bond donors (Lipinski definition) is 1. The van der Waals surface area contributed by atoms with E-state index in [1.165, 1.54) is 30.0 Å². The van der Waals surface area contributed by atoms with Crippen molar-refractivity contribution in [3.63, 3.8) is 0 Å². The van der Waals surface area contributed by atoms with Crippen LogP contribution in [0.5, 0.6) is 0 Å². The van der Waals surface area contributed by atoms with Crippen LogP contribution in [0.3, 0.4) is 0 Å². The number of nitrogens with one attached hydrogen (secondary N) is 1. The van der Waals surface area contributed by atoms with E-state index in [0.717, 1.165) is 44.5 Å². The molecule has 0 radical (unpaired) electrons. The van der Waals surface area contributed by atoms with E-state index < -0.39 is 10.0 Å². The molecule has 3 heterocycles. The Labute approximate surface area is 202 Å². The second-order valence-corrected chi connectivity index (χ2v) is 11.5. The second-order valence-electron chi connectivity index (χ2n) is 9.57. The highest BCUT2D eigenvalue weighted by Crippen LogP contribution is 2.26. The summed E-state index contributed by atoms with van der Waals surface area (Å²) in [5.74, 6) is -0.343. The van der Waals surface area contributed by atoms with Crippen molar-refractivity contribution in [2.75, 3.05) is 39.3 Å². The lowest BCUT2D eigenvalue weighted by molar-refractivity contribution is -0.126. The van der Waals surface area contributed by atoms with Crippen LogP contribution in [0.4, 0.5) is 0 Å². The minimum Gasteiger partial charge on any atom is -0.356 e. The first-order valence-corrected chi connectivity index (χ1v) is 14.3. The molecule has 0 bridgehead atoms. The number of piperidine rings is 1. The van der Waals surface area contributed by atoms with Gasteiger partial charge in [0.1, 0.15) is 5.52 Å². The van der Waals surface area contributed by atoms with E-state index in [1.807, 2.05) is 0 Å². The molecule has 2 aliphatic heterocycles. The fourth-order valence-electron chi connectivity index (χ4n) is 5.03. The van der Waals surface area contributed by atoms with Crippen molar-refractivity contribution >= 4 is 27.0 Å². The number of rotatable bonds is 9. The summed E-state index contributed by atoms with van der Waals surface area (Å²) in [6.07, 6.45) is 8.43. The number of nitrogens with zero attached hydrogens (tertiary/aromatic N) is 5. The average Bonchev–Trinajstić information content (AvgIpc) is 3.06. The molecule has 0 spiro atoms. The first-order chi connectivity index (χ1) is 16.5. The van der Waals surface area contributed by atoms with Gasteiger partial charge < -0.3 is 10.2 Å². The van der Waals surface area contributed by atoms with Gasteiger partial charge in [0, 0.05) is 26.2 Å². The molecule has 4 rings (SSSR count). The van der Waals surface area contributed by atoms with Crippen LogP contribution in [0.1, 0.15) is 58.3 Å². The van der Waals surface area contributed by atoms with Gasteiger partial charge in [0.25, 0.3) is 0 Å². The lowest BCUT2D eigenvalue weighted by Gasteiger charge is -2.31. The highest BCUT2D eigenvalue weighted by atomic mass is 32.2. The Balaban J connectivity index is 1.32. The molecular formula is C24H38N6O3S. The van der Waals surface area contributed by atoms with E-state index in [2.05, 4.69) is 27.5 Å². The predicted octanol–water partition coefficient (Wildman–Crippen LogP) is 2.62. The van der Waals surface area contributed by atoms with Crippen molar-refractivity contribution in [1.29, 1.82) is 0 Å². The molecule has 1 aromatic carbocycles. The molecule has 10 heteroatoms. The van der Waals surface area contributed by atoms with Gasteiger partial charge in [-0.15, -0.1) is 5.10 Å². The van der Waals surface area contributed by atoms with Gasteiger partial charge in [-0.25, -0.2) is 13.1 Å². The molecule has 34 heavy (non-hydrogen) atoms. The number of likely N-dealkylation sites (tertiary alicyclic amines) is 1. The lowest BCUT2D eigenvalue weighted by atomic mass is 9.99. The molecule has 2 fully saturated rings. The molecule has 1 amide bonds. The smallest absolute Gasteiger partial charge is 0.243 e. The van der Waals surface area contributed by atoms with E-state index in [1.54, 1.807) is 22.9 Å². The maximum atomic E-state index is 13.3. The number of carbonyl (C=O) groups excluding carboxylic acids is 1. The summed E-state index contributed by atoms with van der Waals surface area (Å²) in [6, 6.07) is 4.99. The maximum absolute atomic E-state index is 13.3. The second kappa shape index (κ2) is 11.6. The third-order valence-electron chi connectivity index (χ3n) is 6.96. The first kappa shape index (κ1) is 25.1.